The van der Waals surface area contributed by atoms with Crippen LogP contribution < -0.4 is 10.6 Å². The van der Waals surface area contributed by atoms with Crippen molar-refractivity contribution in [2.24, 2.45) is 0 Å². The minimum absolute atomic E-state index is 0.699. The van der Waals surface area contributed by atoms with Crippen LogP contribution in [-0.2, 0) is 0 Å². The Hall–Kier alpha value is -1.01. The molecule has 2 rings (SSSR count). The summed E-state index contributed by atoms with van der Waals surface area (Å²) in [7, 11) is 0. The van der Waals surface area contributed by atoms with Crippen molar-refractivity contribution in [3.05, 3.63) is 11.8 Å². The van der Waals surface area contributed by atoms with E-state index in [9.17, 15) is 0 Å². The lowest BCUT2D eigenvalue weighted by Gasteiger charge is -2.26. The molecule has 0 aromatic carbocycles. The summed E-state index contributed by atoms with van der Waals surface area (Å²) < 4.78 is 0. The highest BCUT2D eigenvalue weighted by Gasteiger charge is 2.10. The second kappa shape index (κ2) is 7.55. The molecule has 2 N–H and O–H groups in total. The first-order chi connectivity index (χ1) is 9.29. The Morgan fingerprint density at radius 2 is 2.11 bits per heavy atom. The fraction of sp³-hybridized carbons (Fsp3) is 0.692. The van der Waals surface area contributed by atoms with Gasteiger partial charge in [-0.05, 0) is 13.8 Å². The van der Waals surface area contributed by atoms with E-state index in [1.54, 1.807) is 0 Å². The highest BCUT2D eigenvalue weighted by molar-refractivity contribution is 7.99. The van der Waals surface area contributed by atoms with Crippen molar-refractivity contribution in [3.63, 3.8) is 0 Å². The molecule has 1 aliphatic rings. The Kier molecular flexibility index (Phi) is 5.72. The van der Waals surface area contributed by atoms with Crippen LogP contribution in [0.1, 0.15) is 12.5 Å². The van der Waals surface area contributed by atoms with E-state index in [-0.39, 0.29) is 0 Å². The fourth-order valence-electron chi connectivity index (χ4n) is 2.02. The van der Waals surface area contributed by atoms with Crippen molar-refractivity contribution in [1.82, 2.24) is 14.9 Å². The van der Waals surface area contributed by atoms with Crippen LogP contribution in [0.15, 0.2) is 6.20 Å². The lowest BCUT2D eigenvalue weighted by Crippen LogP contribution is -2.36. The Morgan fingerprint density at radius 3 is 2.84 bits per heavy atom. The second-order valence-corrected chi connectivity index (χ2v) is 5.86. The number of hydrogen-bond donors (Lipinski definition) is 2. The summed E-state index contributed by atoms with van der Waals surface area (Å²) in [6.45, 7) is 9.36. The minimum Gasteiger partial charge on any atom is -0.368 e. The molecule has 1 aromatic heterocycles. The van der Waals surface area contributed by atoms with Crippen LogP contribution in [0.5, 0.6) is 0 Å². The molecule has 0 amide bonds. The van der Waals surface area contributed by atoms with Crippen LogP contribution in [0.25, 0.3) is 0 Å². The van der Waals surface area contributed by atoms with E-state index in [1.165, 1.54) is 24.6 Å². The van der Waals surface area contributed by atoms with Crippen LogP contribution in [0.2, 0.25) is 0 Å². The number of aryl methyl sites for hydroxylation is 1. The van der Waals surface area contributed by atoms with E-state index in [0.717, 1.165) is 31.0 Å². The lowest BCUT2D eigenvalue weighted by molar-refractivity contribution is 0.314. The van der Waals surface area contributed by atoms with Crippen LogP contribution in [-0.4, -0.2) is 59.1 Å². The van der Waals surface area contributed by atoms with Crippen LogP contribution in [0, 0.1) is 6.92 Å². The number of hydrogen-bond acceptors (Lipinski definition) is 6. The standard InChI is InChI=1S/C13H23N5S/c1-3-14-13-16-10-11(2)12(17-13)15-4-5-18-6-8-19-9-7-18/h10H,3-9H2,1-2H3,(H2,14,15,16,17). The number of nitrogens with one attached hydrogen (secondary N) is 2. The Labute approximate surface area is 119 Å². The van der Waals surface area contributed by atoms with Gasteiger partial charge in [0.25, 0.3) is 0 Å². The van der Waals surface area contributed by atoms with Gasteiger partial charge in [-0.25, -0.2) is 4.98 Å². The van der Waals surface area contributed by atoms with Crippen molar-refractivity contribution in [1.29, 1.82) is 0 Å². The molecule has 0 aliphatic carbocycles. The molecule has 19 heavy (non-hydrogen) atoms. The van der Waals surface area contributed by atoms with Gasteiger partial charge >= 0.3 is 0 Å². The highest BCUT2D eigenvalue weighted by Crippen LogP contribution is 2.13. The molecular formula is C13H23N5S. The number of aromatic nitrogens is 2. The Bertz CT molecular complexity index is 393. The quantitative estimate of drug-likeness (QED) is 0.827. The molecule has 1 aliphatic heterocycles. The summed E-state index contributed by atoms with van der Waals surface area (Å²) >= 11 is 2.05. The molecule has 0 radical (unpaired) electrons. The van der Waals surface area contributed by atoms with Gasteiger partial charge in [0.15, 0.2) is 0 Å². The summed E-state index contributed by atoms with van der Waals surface area (Å²) in [6, 6.07) is 0. The summed E-state index contributed by atoms with van der Waals surface area (Å²) in [5, 5.41) is 6.56. The van der Waals surface area contributed by atoms with Gasteiger partial charge in [-0.1, -0.05) is 0 Å². The first-order valence-corrected chi connectivity index (χ1v) is 8.06. The molecular weight excluding hydrogens is 258 g/mol. The van der Waals surface area contributed by atoms with E-state index in [2.05, 4.69) is 25.5 Å². The average molecular weight is 281 g/mol. The highest BCUT2D eigenvalue weighted by atomic mass is 32.2. The molecule has 0 bridgehead atoms. The summed E-state index contributed by atoms with van der Waals surface area (Å²) in [5.74, 6) is 4.16. The molecule has 6 heteroatoms. The van der Waals surface area contributed by atoms with Gasteiger partial charge in [0, 0.05) is 56.0 Å². The number of anilines is 2. The van der Waals surface area contributed by atoms with Gasteiger partial charge in [0.1, 0.15) is 5.82 Å². The molecule has 0 unspecified atom stereocenters. The third-order valence-corrected chi connectivity index (χ3v) is 4.07. The first kappa shape index (κ1) is 14.4. The molecule has 0 atom stereocenters. The SMILES string of the molecule is CCNc1ncc(C)c(NCCN2CCSCC2)n1. The zero-order chi connectivity index (χ0) is 13.5. The van der Waals surface area contributed by atoms with Gasteiger partial charge < -0.3 is 10.6 Å². The molecule has 5 nitrogen and oxygen atoms in total. The predicted octanol–water partition coefficient (Wildman–Crippen LogP) is 1.68. The van der Waals surface area contributed by atoms with E-state index in [0.29, 0.717) is 5.95 Å². The molecule has 2 heterocycles. The van der Waals surface area contributed by atoms with Gasteiger partial charge in [-0.3, -0.25) is 4.90 Å². The largest absolute Gasteiger partial charge is 0.368 e. The molecule has 0 saturated carbocycles. The number of rotatable bonds is 6. The van der Waals surface area contributed by atoms with Crippen LogP contribution in [0.3, 0.4) is 0 Å². The maximum atomic E-state index is 4.49. The Balaban J connectivity index is 1.82. The van der Waals surface area contributed by atoms with Gasteiger partial charge in [0.05, 0.1) is 0 Å². The molecule has 1 fully saturated rings. The van der Waals surface area contributed by atoms with Crippen molar-refractivity contribution in [2.45, 2.75) is 13.8 Å². The molecule has 1 aromatic rings. The molecule has 106 valence electrons. The van der Waals surface area contributed by atoms with Crippen molar-refractivity contribution >= 4 is 23.5 Å². The third kappa shape index (κ3) is 4.54. The number of nitrogens with zero attached hydrogens (tertiary/aromatic N) is 3. The topological polar surface area (TPSA) is 53.1 Å². The van der Waals surface area contributed by atoms with E-state index in [1.807, 2.05) is 31.8 Å². The smallest absolute Gasteiger partial charge is 0.224 e. The molecule has 1 saturated heterocycles. The zero-order valence-corrected chi connectivity index (χ0v) is 12.6. The van der Waals surface area contributed by atoms with Crippen LogP contribution in [0.4, 0.5) is 11.8 Å². The average Bonchev–Trinajstić information content (AvgIpc) is 2.44. The molecule has 0 spiro atoms. The van der Waals surface area contributed by atoms with Crippen molar-refractivity contribution < 1.29 is 0 Å². The lowest BCUT2D eigenvalue weighted by atomic mass is 10.3. The van der Waals surface area contributed by atoms with E-state index in [4.69, 9.17) is 0 Å². The Morgan fingerprint density at radius 1 is 1.32 bits per heavy atom. The zero-order valence-electron chi connectivity index (χ0n) is 11.8. The van der Waals surface area contributed by atoms with Crippen LogP contribution >= 0.6 is 11.8 Å². The van der Waals surface area contributed by atoms with Gasteiger partial charge in [0.2, 0.25) is 5.95 Å². The monoisotopic (exact) mass is 281 g/mol. The maximum Gasteiger partial charge on any atom is 0.224 e. The summed E-state index contributed by atoms with van der Waals surface area (Å²) in [6.07, 6.45) is 1.87. The van der Waals surface area contributed by atoms with Crippen molar-refractivity contribution in [2.75, 3.05) is 54.9 Å². The number of thioether (sulfide) groups is 1. The summed E-state index contributed by atoms with van der Waals surface area (Å²) in [5.41, 5.74) is 1.09. The van der Waals surface area contributed by atoms with E-state index < -0.39 is 0 Å². The fourth-order valence-corrected chi connectivity index (χ4v) is 3.00. The van der Waals surface area contributed by atoms with Gasteiger partial charge in [-0.15, -0.1) is 0 Å². The second-order valence-electron chi connectivity index (χ2n) is 4.64. The normalized spacial score (nSPS) is 16.3. The minimum atomic E-state index is 0.699. The van der Waals surface area contributed by atoms with Gasteiger partial charge in [-0.2, -0.15) is 16.7 Å². The first-order valence-electron chi connectivity index (χ1n) is 6.91. The summed E-state index contributed by atoms with van der Waals surface area (Å²) in [4.78, 5) is 11.2. The van der Waals surface area contributed by atoms with E-state index >= 15 is 0 Å². The maximum absolute atomic E-state index is 4.49. The predicted molar refractivity (Wildman–Crippen MR) is 83.2 cm³/mol. The van der Waals surface area contributed by atoms with Crippen molar-refractivity contribution in [3.8, 4) is 0 Å². The third-order valence-electron chi connectivity index (χ3n) is 3.13.